The van der Waals surface area contributed by atoms with Crippen LogP contribution in [-0.4, -0.2) is 10.4 Å². The summed E-state index contributed by atoms with van der Waals surface area (Å²) in [5, 5.41) is 0. The van der Waals surface area contributed by atoms with E-state index in [1.54, 1.807) is 6.92 Å². The van der Waals surface area contributed by atoms with Gasteiger partial charge in [-0.3, -0.25) is 4.79 Å². The van der Waals surface area contributed by atoms with Crippen LogP contribution in [0.1, 0.15) is 23.0 Å². The topological polar surface area (TPSA) is 48.0 Å². The number of hydrogen-bond donors (Lipinski definition) is 1. The Morgan fingerprint density at radius 3 is 2.27 bits per heavy atom. The van der Waals surface area contributed by atoms with Crippen molar-refractivity contribution in [2.45, 2.75) is 13.8 Å². The lowest BCUT2D eigenvalue weighted by Crippen LogP contribution is -2.02. The number of nitrogens with zero attached hydrogens (tertiary/aromatic N) is 1. The Labute approximate surface area is 130 Å². The molecule has 0 aliphatic carbocycles. The van der Waals surface area contributed by atoms with Gasteiger partial charge in [0.05, 0.1) is 5.69 Å². The van der Waals surface area contributed by atoms with Crippen LogP contribution in [0, 0.1) is 6.92 Å². The Morgan fingerprint density at radius 2 is 1.64 bits per heavy atom. The number of rotatable bonds is 3. The number of anilines is 1. The summed E-state index contributed by atoms with van der Waals surface area (Å²) in [4.78, 5) is 11.9. The summed E-state index contributed by atoms with van der Waals surface area (Å²) in [6.45, 7) is 3.56. The summed E-state index contributed by atoms with van der Waals surface area (Å²) in [6, 6.07) is 19.7. The third-order valence-electron chi connectivity index (χ3n) is 3.88. The first-order valence-corrected chi connectivity index (χ1v) is 7.23. The minimum Gasteiger partial charge on any atom is -0.398 e. The van der Waals surface area contributed by atoms with Gasteiger partial charge in [0.25, 0.3) is 0 Å². The van der Waals surface area contributed by atoms with Crippen molar-refractivity contribution in [1.29, 1.82) is 0 Å². The number of carbonyl (C=O) groups is 1. The molecule has 22 heavy (non-hydrogen) atoms. The van der Waals surface area contributed by atoms with E-state index in [4.69, 9.17) is 5.73 Å². The molecule has 0 amide bonds. The van der Waals surface area contributed by atoms with Gasteiger partial charge in [0.15, 0.2) is 5.78 Å². The molecule has 0 aliphatic heterocycles. The van der Waals surface area contributed by atoms with E-state index in [1.807, 2.05) is 67.6 Å². The summed E-state index contributed by atoms with van der Waals surface area (Å²) in [7, 11) is 0. The number of ketones is 1. The number of hydrogen-bond acceptors (Lipinski definition) is 2. The Bertz CT molecular complexity index is 832. The highest BCUT2D eigenvalue weighted by Crippen LogP contribution is 2.32. The zero-order valence-corrected chi connectivity index (χ0v) is 12.7. The lowest BCUT2D eigenvalue weighted by Gasteiger charge is -2.13. The molecule has 0 saturated carbocycles. The van der Waals surface area contributed by atoms with Crippen LogP contribution < -0.4 is 5.73 Å². The molecule has 3 rings (SSSR count). The van der Waals surface area contributed by atoms with Gasteiger partial charge in [-0.15, -0.1) is 0 Å². The van der Waals surface area contributed by atoms with Crippen molar-refractivity contribution in [3.8, 4) is 16.9 Å². The molecular formula is C19H18N2O. The van der Waals surface area contributed by atoms with Gasteiger partial charge in [0, 0.05) is 28.2 Å². The maximum Gasteiger partial charge on any atom is 0.161 e. The minimum atomic E-state index is 0.0583. The van der Waals surface area contributed by atoms with Gasteiger partial charge in [-0.1, -0.05) is 36.4 Å². The summed E-state index contributed by atoms with van der Waals surface area (Å²) in [6.07, 6.45) is 0. The SMILES string of the molecule is CC(=O)c1cc(-c2ccccc2N)n(-c2ccccc2)c1C. The Kier molecular flexibility index (Phi) is 3.55. The van der Waals surface area contributed by atoms with E-state index >= 15 is 0 Å². The maximum absolute atomic E-state index is 11.9. The van der Waals surface area contributed by atoms with Crippen LogP contribution in [0.4, 0.5) is 5.69 Å². The first-order chi connectivity index (χ1) is 10.6. The quantitative estimate of drug-likeness (QED) is 0.579. The van der Waals surface area contributed by atoms with E-state index in [1.165, 1.54) is 0 Å². The van der Waals surface area contributed by atoms with Crippen molar-refractivity contribution in [3.05, 3.63) is 71.9 Å². The first kappa shape index (κ1) is 14.1. The minimum absolute atomic E-state index is 0.0583. The molecule has 1 heterocycles. The Morgan fingerprint density at radius 1 is 1.00 bits per heavy atom. The molecule has 2 aromatic carbocycles. The number of nitrogen functional groups attached to an aromatic ring is 1. The third-order valence-corrected chi connectivity index (χ3v) is 3.88. The van der Waals surface area contributed by atoms with Gasteiger partial charge in [0.2, 0.25) is 0 Å². The van der Waals surface area contributed by atoms with Crippen molar-refractivity contribution in [3.63, 3.8) is 0 Å². The molecule has 0 radical (unpaired) electrons. The van der Waals surface area contributed by atoms with Crippen LogP contribution in [0.5, 0.6) is 0 Å². The Hall–Kier alpha value is -2.81. The zero-order chi connectivity index (χ0) is 15.7. The molecule has 3 heteroatoms. The highest BCUT2D eigenvalue weighted by Gasteiger charge is 2.18. The van der Waals surface area contributed by atoms with E-state index in [-0.39, 0.29) is 5.78 Å². The van der Waals surface area contributed by atoms with Gasteiger partial charge in [-0.25, -0.2) is 0 Å². The first-order valence-electron chi connectivity index (χ1n) is 7.23. The molecule has 1 aromatic heterocycles. The zero-order valence-electron chi connectivity index (χ0n) is 12.7. The van der Waals surface area contributed by atoms with Crippen molar-refractivity contribution in [1.82, 2.24) is 4.57 Å². The largest absolute Gasteiger partial charge is 0.398 e. The molecule has 0 atom stereocenters. The molecule has 0 unspecified atom stereocenters. The highest BCUT2D eigenvalue weighted by atomic mass is 16.1. The molecule has 2 N–H and O–H groups in total. The average molecular weight is 290 g/mol. The van der Waals surface area contributed by atoms with E-state index < -0.39 is 0 Å². The van der Waals surface area contributed by atoms with Crippen LogP contribution in [0.25, 0.3) is 16.9 Å². The second kappa shape index (κ2) is 5.53. The number of para-hydroxylation sites is 2. The molecule has 3 aromatic rings. The Balaban J connectivity index is 2.33. The standard InChI is InChI=1S/C19H18N2O/c1-13-17(14(2)22)12-19(16-10-6-7-11-18(16)20)21(13)15-8-4-3-5-9-15/h3-12H,20H2,1-2H3. The molecule has 110 valence electrons. The van der Waals surface area contributed by atoms with E-state index in [0.29, 0.717) is 5.69 Å². The molecule has 0 fully saturated rings. The van der Waals surface area contributed by atoms with Crippen LogP contribution in [-0.2, 0) is 0 Å². The molecule has 3 nitrogen and oxygen atoms in total. The van der Waals surface area contributed by atoms with Gasteiger partial charge < -0.3 is 10.3 Å². The lowest BCUT2D eigenvalue weighted by molar-refractivity contribution is 0.101. The van der Waals surface area contributed by atoms with E-state index in [9.17, 15) is 4.79 Å². The lowest BCUT2D eigenvalue weighted by atomic mass is 10.1. The van der Waals surface area contributed by atoms with Gasteiger partial charge in [-0.05, 0) is 38.1 Å². The smallest absolute Gasteiger partial charge is 0.161 e. The van der Waals surface area contributed by atoms with Gasteiger partial charge in [0.1, 0.15) is 0 Å². The van der Waals surface area contributed by atoms with Crippen molar-refractivity contribution in [2.24, 2.45) is 0 Å². The van der Waals surface area contributed by atoms with E-state index in [0.717, 1.165) is 28.2 Å². The fourth-order valence-corrected chi connectivity index (χ4v) is 2.80. The summed E-state index contributed by atoms with van der Waals surface area (Å²) >= 11 is 0. The van der Waals surface area contributed by atoms with Gasteiger partial charge in [-0.2, -0.15) is 0 Å². The molecule has 0 bridgehead atoms. The molecule has 0 spiro atoms. The fraction of sp³-hybridized carbons (Fsp3) is 0.105. The number of carbonyl (C=O) groups excluding carboxylic acids is 1. The monoisotopic (exact) mass is 290 g/mol. The number of aromatic nitrogens is 1. The molecular weight excluding hydrogens is 272 g/mol. The van der Waals surface area contributed by atoms with Crippen molar-refractivity contribution < 1.29 is 4.79 Å². The number of Topliss-reactive ketones (excluding diaryl/α,β-unsaturated/α-hetero) is 1. The van der Waals surface area contributed by atoms with Crippen LogP contribution in [0.3, 0.4) is 0 Å². The summed E-state index contributed by atoms with van der Waals surface area (Å²) < 4.78 is 2.09. The van der Waals surface area contributed by atoms with Crippen LogP contribution in [0.15, 0.2) is 60.7 Å². The maximum atomic E-state index is 11.9. The van der Waals surface area contributed by atoms with Gasteiger partial charge >= 0.3 is 0 Å². The van der Waals surface area contributed by atoms with Crippen molar-refractivity contribution in [2.75, 3.05) is 5.73 Å². The predicted octanol–water partition coefficient (Wildman–Crippen LogP) is 4.24. The third kappa shape index (κ3) is 2.31. The van der Waals surface area contributed by atoms with Crippen LogP contribution in [0.2, 0.25) is 0 Å². The second-order valence-electron chi connectivity index (χ2n) is 5.34. The highest BCUT2D eigenvalue weighted by molar-refractivity contribution is 5.97. The fourth-order valence-electron chi connectivity index (χ4n) is 2.80. The number of benzene rings is 2. The summed E-state index contributed by atoms with van der Waals surface area (Å²) in [5.74, 6) is 0.0583. The second-order valence-corrected chi connectivity index (χ2v) is 5.34. The van der Waals surface area contributed by atoms with Crippen LogP contribution >= 0.6 is 0 Å². The molecule has 0 aliphatic rings. The van der Waals surface area contributed by atoms with Crippen molar-refractivity contribution >= 4 is 11.5 Å². The summed E-state index contributed by atoms with van der Waals surface area (Å²) in [5.41, 5.74) is 11.4. The predicted molar refractivity (Wildman–Crippen MR) is 90.4 cm³/mol. The van der Waals surface area contributed by atoms with E-state index in [2.05, 4.69) is 4.57 Å². The average Bonchev–Trinajstić information content (AvgIpc) is 2.86. The number of nitrogens with two attached hydrogens (primary N) is 1. The normalized spacial score (nSPS) is 10.6. The molecule has 0 saturated heterocycles.